The highest BCUT2D eigenvalue weighted by molar-refractivity contribution is 5.27. The van der Waals surface area contributed by atoms with Crippen LogP contribution in [0.15, 0.2) is 24.3 Å². The summed E-state index contributed by atoms with van der Waals surface area (Å²) in [5, 5.41) is 12.8. The van der Waals surface area contributed by atoms with E-state index >= 15 is 0 Å². The topological polar surface area (TPSA) is 50.7 Å². The van der Waals surface area contributed by atoms with Gasteiger partial charge in [-0.2, -0.15) is 8.78 Å². The minimum atomic E-state index is -2.81. The van der Waals surface area contributed by atoms with Crippen LogP contribution < -0.4 is 10.1 Å². The van der Waals surface area contributed by atoms with Crippen LogP contribution in [0.4, 0.5) is 8.78 Å². The molecule has 1 aromatic rings. The average molecular weight is 303 g/mol. The second-order valence-electron chi connectivity index (χ2n) is 5.16. The molecule has 4 nitrogen and oxygen atoms in total. The Bertz CT molecular complexity index is 400. The number of aliphatic hydroxyl groups excluding tert-OH is 1. The molecule has 0 fully saturated rings. The van der Waals surface area contributed by atoms with E-state index in [-0.39, 0.29) is 12.4 Å². The van der Waals surface area contributed by atoms with Crippen LogP contribution in [0.25, 0.3) is 0 Å². The molecule has 1 unspecified atom stereocenters. The van der Waals surface area contributed by atoms with E-state index in [0.29, 0.717) is 13.2 Å². The predicted molar refractivity (Wildman–Crippen MR) is 76.8 cm³/mol. The predicted octanol–water partition coefficient (Wildman–Crippen LogP) is 2.21. The van der Waals surface area contributed by atoms with Crippen molar-refractivity contribution in [2.45, 2.75) is 31.9 Å². The Hall–Kier alpha value is -1.24. The molecule has 0 saturated heterocycles. The number of ether oxygens (including phenoxy) is 2. The van der Waals surface area contributed by atoms with Crippen molar-refractivity contribution in [3.05, 3.63) is 29.8 Å². The Balaban J connectivity index is 2.48. The first-order valence-corrected chi connectivity index (χ1v) is 6.87. The van der Waals surface area contributed by atoms with Gasteiger partial charge in [0.05, 0.1) is 13.2 Å². The number of rotatable bonds is 10. The molecule has 0 spiro atoms. The van der Waals surface area contributed by atoms with Crippen LogP contribution in [0.2, 0.25) is 0 Å². The first-order valence-electron chi connectivity index (χ1n) is 6.87. The van der Waals surface area contributed by atoms with E-state index < -0.39 is 12.2 Å². The highest BCUT2D eigenvalue weighted by Crippen LogP contribution is 2.18. The lowest BCUT2D eigenvalue weighted by Gasteiger charge is -2.29. The van der Waals surface area contributed by atoms with Crippen molar-refractivity contribution in [1.29, 1.82) is 0 Å². The summed E-state index contributed by atoms with van der Waals surface area (Å²) in [6, 6.07) is 6.56. The maximum Gasteiger partial charge on any atom is 0.387 e. The second kappa shape index (κ2) is 8.92. The summed E-state index contributed by atoms with van der Waals surface area (Å²) in [6.07, 6.45) is 1.45. The fourth-order valence-corrected chi connectivity index (χ4v) is 1.94. The van der Waals surface area contributed by atoms with Crippen LogP contribution in [0.3, 0.4) is 0 Å². The van der Waals surface area contributed by atoms with Crippen molar-refractivity contribution >= 4 is 0 Å². The molecule has 0 aliphatic carbocycles. The monoisotopic (exact) mass is 303 g/mol. The zero-order valence-corrected chi connectivity index (χ0v) is 12.4. The van der Waals surface area contributed by atoms with E-state index in [1.54, 1.807) is 19.2 Å². The molecule has 1 rings (SSSR count). The van der Waals surface area contributed by atoms with Crippen molar-refractivity contribution < 1.29 is 23.4 Å². The van der Waals surface area contributed by atoms with Gasteiger partial charge in [-0.25, -0.2) is 0 Å². The maximum absolute atomic E-state index is 12.1. The summed E-state index contributed by atoms with van der Waals surface area (Å²) in [7, 11) is 1.63. The maximum atomic E-state index is 12.1. The molecule has 0 aromatic heterocycles. The van der Waals surface area contributed by atoms with E-state index in [1.165, 1.54) is 12.1 Å². The van der Waals surface area contributed by atoms with Gasteiger partial charge in [-0.1, -0.05) is 12.1 Å². The van der Waals surface area contributed by atoms with E-state index in [1.807, 2.05) is 6.92 Å². The van der Waals surface area contributed by atoms with Gasteiger partial charge < -0.3 is 19.9 Å². The molecule has 1 atom stereocenters. The molecular weight excluding hydrogens is 280 g/mol. The Labute approximate surface area is 124 Å². The molecule has 6 heteroatoms. The van der Waals surface area contributed by atoms with E-state index in [0.717, 1.165) is 18.4 Å². The molecule has 1 aromatic carbocycles. The zero-order chi connectivity index (χ0) is 15.7. The van der Waals surface area contributed by atoms with E-state index in [9.17, 15) is 13.9 Å². The van der Waals surface area contributed by atoms with Gasteiger partial charge >= 0.3 is 6.61 Å². The Morgan fingerprint density at radius 2 is 1.95 bits per heavy atom. The Morgan fingerprint density at radius 1 is 1.29 bits per heavy atom. The zero-order valence-electron chi connectivity index (χ0n) is 12.4. The Kier molecular flexibility index (Phi) is 7.56. The number of aryl methyl sites for hydroxylation is 1. The summed E-state index contributed by atoms with van der Waals surface area (Å²) in [5.41, 5.74) is 0.612. The summed E-state index contributed by atoms with van der Waals surface area (Å²) in [6.45, 7) is 0.392. The molecule has 120 valence electrons. The molecule has 2 N–H and O–H groups in total. The van der Waals surface area contributed by atoms with Gasteiger partial charge in [-0.15, -0.1) is 0 Å². The third-order valence-corrected chi connectivity index (χ3v) is 3.32. The van der Waals surface area contributed by atoms with Crippen molar-refractivity contribution in [2.24, 2.45) is 0 Å². The Morgan fingerprint density at radius 3 is 2.48 bits per heavy atom. The van der Waals surface area contributed by atoms with E-state index in [4.69, 9.17) is 4.74 Å². The van der Waals surface area contributed by atoms with Gasteiger partial charge in [0, 0.05) is 19.2 Å². The number of benzene rings is 1. The lowest BCUT2D eigenvalue weighted by Crippen LogP contribution is -2.47. The third kappa shape index (κ3) is 6.84. The van der Waals surface area contributed by atoms with Crippen molar-refractivity contribution in [3.63, 3.8) is 0 Å². The number of methoxy groups -OCH3 is 1. The molecule has 0 heterocycles. The highest BCUT2D eigenvalue weighted by Gasteiger charge is 2.21. The molecular formula is C15H23F2NO3. The molecule has 0 amide bonds. The molecule has 0 aliphatic heterocycles. The summed E-state index contributed by atoms with van der Waals surface area (Å²) in [4.78, 5) is 0. The lowest BCUT2D eigenvalue weighted by molar-refractivity contribution is -0.0498. The lowest BCUT2D eigenvalue weighted by atomic mass is 9.94. The first kappa shape index (κ1) is 17.8. The van der Waals surface area contributed by atoms with Crippen molar-refractivity contribution in [2.75, 3.05) is 26.9 Å². The average Bonchev–Trinajstić information content (AvgIpc) is 2.46. The number of hydrogen-bond acceptors (Lipinski definition) is 4. The van der Waals surface area contributed by atoms with Crippen LogP contribution in [0, 0.1) is 0 Å². The molecule has 21 heavy (non-hydrogen) atoms. The van der Waals surface area contributed by atoms with Gasteiger partial charge in [0.1, 0.15) is 5.75 Å². The number of aliphatic hydroxyl groups is 1. The third-order valence-electron chi connectivity index (χ3n) is 3.32. The first-order chi connectivity index (χ1) is 9.99. The molecule has 0 radical (unpaired) electrons. The summed E-state index contributed by atoms with van der Waals surface area (Å²) < 4.78 is 33.4. The van der Waals surface area contributed by atoms with Gasteiger partial charge in [0.25, 0.3) is 0 Å². The number of hydrogen-bond donors (Lipinski definition) is 2. The minimum Gasteiger partial charge on any atom is -0.435 e. The van der Waals surface area contributed by atoms with Gasteiger partial charge in [0.15, 0.2) is 0 Å². The van der Waals surface area contributed by atoms with Crippen LogP contribution >= 0.6 is 0 Å². The molecule has 0 bridgehead atoms. The quantitative estimate of drug-likeness (QED) is 0.651. The van der Waals surface area contributed by atoms with Gasteiger partial charge in [-0.05, 0) is 37.5 Å². The second-order valence-corrected chi connectivity index (χ2v) is 5.16. The van der Waals surface area contributed by atoms with Gasteiger partial charge in [0.2, 0.25) is 0 Å². The summed E-state index contributed by atoms with van der Waals surface area (Å²) >= 11 is 0. The van der Waals surface area contributed by atoms with Crippen LogP contribution in [-0.4, -0.2) is 44.1 Å². The number of halogens is 2. The number of alkyl halides is 2. The summed E-state index contributed by atoms with van der Waals surface area (Å²) in [5.74, 6) is 0.150. The molecule has 0 aliphatic rings. The number of nitrogens with one attached hydrogen (secondary N) is 1. The van der Waals surface area contributed by atoms with Crippen LogP contribution in [-0.2, 0) is 11.2 Å². The highest BCUT2D eigenvalue weighted by atomic mass is 19.3. The largest absolute Gasteiger partial charge is 0.435 e. The SMILES string of the molecule is COCCNC(C)(CO)CCc1ccc(OC(F)F)cc1. The smallest absolute Gasteiger partial charge is 0.387 e. The van der Waals surface area contributed by atoms with Crippen LogP contribution in [0.1, 0.15) is 18.9 Å². The molecule has 0 saturated carbocycles. The van der Waals surface area contributed by atoms with Crippen LogP contribution in [0.5, 0.6) is 5.75 Å². The van der Waals surface area contributed by atoms with Crippen molar-refractivity contribution in [3.8, 4) is 5.75 Å². The normalized spacial score (nSPS) is 14.2. The fraction of sp³-hybridized carbons (Fsp3) is 0.600. The van der Waals surface area contributed by atoms with Gasteiger partial charge in [-0.3, -0.25) is 0 Å². The standard InChI is InChI=1S/C15H23F2NO3/c1-15(11-19,18-9-10-20-2)8-7-12-3-5-13(6-4-12)21-14(16)17/h3-6,14,18-19H,7-11H2,1-2H3. The minimum absolute atomic E-state index is 0.0172. The van der Waals surface area contributed by atoms with Crippen molar-refractivity contribution in [1.82, 2.24) is 5.32 Å². The fourth-order valence-electron chi connectivity index (χ4n) is 1.94. The van der Waals surface area contributed by atoms with E-state index in [2.05, 4.69) is 10.1 Å².